The van der Waals surface area contributed by atoms with E-state index in [0.717, 1.165) is 18.8 Å². The van der Waals surface area contributed by atoms with Crippen molar-refractivity contribution in [3.63, 3.8) is 0 Å². The fourth-order valence-corrected chi connectivity index (χ4v) is 2.38. The van der Waals surface area contributed by atoms with Crippen molar-refractivity contribution in [2.75, 3.05) is 19.0 Å². The van der Waals surface area contributed by atoms with Gasteiger partial charge in [0.25, 0.3) is 0 Å². The third-order valence-corrected chi connectivity index (χ3v) is 3.55. The monoisotopic (exact) mass is 269 g/mol. The minimum atomic E-state index is 0.834. The highest BCUT2D eigenvalue weighted by molar-refractivity contribution is 5.53. The Morgan fingerprint density at radius 2 is 1.90 bits per heavy atom. The molecule has 2 rings (SSSR count). The molecule has 1 N–H and O–H groups in total. The van der Waals surface area contributed by atoms with Gasteiger partial charge in [0, 0.05) is 43.3 Å². The summed E-state index contributed by atoms with van der Waals surface area (Å²) in [7, 11) is 4.10. The zero-order valence-electron chi connectivity index (χ0n) is 12.8. The number of nitrogens with zero attached hydrogens (tertiary/aromatic N) is 2. The first-order valence-electron chi connectivity index (χ1n) is 6.97. The van der Waals surface area contributed by atoms with Crippen LogP contribution in [0, 0.1) is 13.8 Å². The van der Waals surface area contributed by atoms with E-state index in [-0.39, 0.29) is 0 Å². The highest BCUT2D eigenvalue weighted by Gasteiger charge is 2.09. The lowest BCUT2D eigenvalue weighted by atomic mass is 10.1. The van der Waals surface area contributed by atoms with Gasteiger partial charge in [-0.2, -0.15) is 0 Å². The summed E-state index contributed by atoms with van der Waals surface area (Å²) in [5.41, 5.74) is 6.22. The zero-order chi connectivity index (χ0) is 14.5. The summed E-state index contributed by atoms with van der Waals surface area (Å²) >= 11 is 0. The Hall–Kier alpha value is -1.87. The molecule has 0 spiro atoms. The molecule has 0 aliphatic rings. The maximum atomic E-state index is 4.40. The van der Waals surface area contributed by atoms with Gasteiger partial charge in [-0.1, -0.05) is 24.3 Å². The van der Waals surface area contributed by atoms with Crippen LogP contribution >= 0.6 is 0 Å². The molecule has 3 heteroatoms. The molecule has 0 aliphatic heterocycles. The first kappa shape index (κ1) is 14.5. The number of rotatable bonds is 5. The highest BCUT2D eigenvalue weighted by Crippen LogP contribution is 2.22. The van der Waals surface area contributed by atoms with E-state index in [1.165, 1.54) is 22.4 Å². The highest BCUT2D eigenvalue weighted by atomic mass is 15.1. The average Bonchev–Trinajstić information content (AvgIpc) is 2.43. The summed E-state index contributed by atoms with van der Waals surface area (Å²) in [6, 6.07) is 10.7. The minimum Gasteiger partial charge on any atom is -0.370 e. The largest absolute Gasteiger partial charge is 0.370 e. The molecule has 0 bridgehead atoms. The van der Waals surface area contributed by atoms with Gasteiger partial charge in [0.2, 0.25) is 0 Å². The van der Waals surface area contributed by atoms with Crippen molar-refractivity contribution >= 4 is 5.69 Å². The molecular formula is C17H23N3. The van der Waals surface area contributed by atoms with Crippen LogP contribution in [0.4, 0.5) is 5.69 Å². The number of hydrogen-bond donors (Lipinski definition) is 1. The summed E-state index contributed by atoms with van der Waals surface area (Å²) in [5, 5.41) is 3.21. The molecule has 0 amide bonds. The lowest BCUT2D eigenvalue weighted by Gasteiger charge is -2.23. The molecule has 0 unspecified atom stereocenters. The predicted octanol–water partition coefficient (Wildman–Crippen LogP) is 3.05. The second-order valence-corrected chi connectivity index (χ2v) is 5.27. The van der Waals surface area contributed by atoms with Gasteiger partial charge in [-0.15, -0.1) is 0 Å². The Morgan fingerprint density at radius 1 is 1.15 bits per heavy atom. The number of aromatic nitrogens is 1. The minimum absolute atomic E-state index is 0.834. The number of pyridine rings is 1. The Labute approximate surface area is 121 Å². The molecule has 1 heterocycles. The van der Waals surface area contributed by atoms with Crippen LogP contribution in [0.15, 0.2) is 36.5 Å². The summed E-state index contributed by atoms with van der Waals surface area (Å²) in [6.45, 7) is 5.94. The van der Waals surface area contributed by atoms with Gasteiger partial charge in [0.15, 0.2) is 0 Å². The zero-order valence-corrected chi connectivity index (χ0v) is 12.8. The van der Waals surface area contributed by atoms with Gasteiger partial charge in [-0.05, 0) is 38.1 Å². The van der Waals surface area contributed by atoms with Crippen molar-refractivity contribution in [1.82, 2.24) is 10.3 Å². The van der Waals surface area contributed by atoms with E-state index in [1.807, 2.05) is 20.2 Å². The molecule has 0 saturated heterocycles. The normalized spacial score (nSPS) is 10.6. The average molecular weight is 269 g/mol. The lowest BCUT2D eigenvalue weighted by Crippen LogP contribution is -2.20. The second kappa shape index (κ2) is 6.53. The first-order chi connectivity index (χ1) is 9.61. The standard InChI is InChI=1S/C17H23N3/c1-13-7-5-6-8-15(13)12-20(4)17-9-14(2)19-11-16(17)10-18-3/h5-9,11,18H,10,12H2,1-4H3. The fraction of sp³-hybridized carbons (Fsp3) is 0.353. The number of aryl methyl sites for hydroxylation is 2. The predicted molar refractivity (Wildman–Crippen MR) is 85.0 cm³/mol. The van der Waals surface area contributed by atoms with Crippen molar-refractivity contribution in [3.8, 4) is 0 Å². The first-order valence-corrected chi connectivity index (χ1v) is 6.97. The smallest absolute Gasteiger partial charge is 0.0445 e. The van der Waals surface area contributed by atoms with Crippen molar-refractivity contribution in [3.05, 3.63) is 58.9 Å². The molecular weight excluding hydrogens is 246 g/mol. The molecule has 0 aliphatic carbocycles. The van der Waals surface area contributed by atoms with Gasteiger partial charge < -0.3 is 10.2 Å². The van der Waals surface area contributed by atoms with Crippen LogP contribution in [-0.4, -0.2) is 19.1 Å². The molecule has 0 radical (unpaired) electrons. The number of benzene rings is 1. The van der Waals surface area contributed by atoms with Crippen LogP contribution in [0.5, 0.6) is 0 Å². The van der Waals surface area contributed by atoms with Crippen LogP contribution in [0.3, 0.4) is 0 Å². The number of anilines is 1. The van der Waals surface area contributed by atoms with Gasteiger partial charge in [-0.25, -0.2) is 0 Å². The Morgan fingerprint density at radius 3 is 2.60 bits per heavy atom. The third-order valence-electron chi connectivity index (χ3n) is 3.55. The SMILES string of the molecule is CNCc1cnc(C)cc1N(C)Cc1ccccc1C. The van der Waals surface area contributed by atoms with Gasteiger partial charge in [0.05, 0.1) is 0 Å². The second-order valence-electron chi connectivity index (χ2n) is 5.27. The van der Waals surface area contributed by atoms with E-state index in [4.69, 9.17) is 0 Å². The van der Waals surface area contributed by atoms with Crippen LogP contribution in [0.2, 0.25) is 0 Å². The van der Waals surface area contributed by atoms with Crippen molar-refractivity contribution < 1.29 is 0 Å². The Bertz CT molecular complexity index is 578. The summed E-state index contributed by atoms with van der Waals surface area (Å²) in [4.78, 5) is 6.69. The number of nitrogens with one attached hydrogen (secondary N) is 1. The van der Waals surface area contributed by atoms with Crippen molar-refractivity contribution in [2.24, 2.45) is 0 Å². The van der Waals surface area contributed by atoms with Crippen molar-refractivity contribution in [2.45, 2.75) is 26.9 Å². The number of hydrogen-bond acceptors (Lipinski definition) is 3. The summed E-state index contributed by atoms with van der Waals surface area (Å²) < 4.78 is 0. The van der Waals surface area contributed by atoms with E-state index < -0.39 is 0 Å². The maximum Gasteiger partial charge on any atom is 0.0445 e. The van der Waals surface area contributed by atoms with Gasteiger partial charge in [-0.3, -0.25) is 4.98 Å². The van der Waals surface area contributed by atoms with E-state index in [0.29, 0.717) is 0 Å². The molecule has 2 aromatic rings. The maximum absolute atomic E-state index is 4.40. The van der Waals surface area contributed by atoms with E-state index in [1.54, 1.807) is 0 Å². The third kappa shape index (κ3) is 3.36. The molecule has 1 aromatic carbocycles. The summed E-state index contributed by atoms with van der Waals surface area (Å²) in [6.07, 6.45) is 1.97. The van der Waals surface area contributed by atoms with Crippen LogP contribution in [-0.2, 0) is 13.1 Å². The Kier molecular flexibility index (Phi) is 4.74. The van der Waals surface area contributed by atoms with Crippen molar-refractivity contribution in [1.29, 1.82) is 0 Å². The Balaban J connectivity index is 2.26. The van der Waals surface area contributed by atoms with E-state index >= 15 is 0 Å². The quantitative estimate of drug-likeness (QED) is 0.904. The van der Waals surface area contributed by atoms with Gasteiger partial charge in [0.1, 0.15) is 0 Å². The molecule has 0 fully saturated rings. The molecule has 1 aromatic heterocycles. The van der Waals surface area contributed by atoms with E-state index in [2.05, 4.69) is 59.5 Å². The van der Waals surface area contributed by atoms with Crippen LogP contribution in [0.25, 0.3) is 0 Å². The van der Waals surface area contributed by atoms with Gasteiger partial charge >= 0.3 is 0 Å². The summed E-state index contributed by atoms with van der Waals surface area (Å²) in [5.74, 6) is 0. The molecule has 0 atom stereocenters. The lowest BCUT2D eigenvalue weighted by molar-refractivity contribution is 0.798. The molecule has 3 nitrogen and oxygen atoms in total. The molecule has 106 valence electrons. The van der Waals surface area contributed by atoms with Crippen LogP contribution < -0.4 is 10.2 Å². The fourth-order valence-electron chi connectivity index (χ4n) is 2.38. The molecule has 0 saturated carbocycles. The topological polar surface area (TPSA) is 28.2 Å². The van der Waals surface area contributed by atoms with Crippen LogP contribution in [0.1, 0.15) is 22.4 Å². The molecule has 20 heavy (non-hydrogen) atoms. The van der Waals surface area contributed by atoms with E-state index in [9.17, 15) is 0 Å².